The van der Waals surface area contributed by atoms with E-state index < -0.39 is 0 Å². The molecule has 150 valence electrons. The van der Waals surface area contributed by atoms with Gasteiger partial charge in [-0.05, 0) is 31.5 Å². The Kier molecular flexibility index (Phi) is 6.77. The molecule has 2 aromatic rings. The van der Waals surface area contributed by atoms with E-state index in [1.165, 1.54) is 11.3 Å². The second-order valence-corrected chi connectivity index (χ2v) is 7.85. The van der Waals surface area contributed by atoms with E-state index in [9.17, 15) is 9.59 Å². The van der Waals surface area contributed by atoms with Crippen molar-refractivity contribution >= 4 is 23.2 Å². The van der Waals surface area contributed by atoms with Crippen molar-refractivity contribution in [2.75, 3.05) is 20.2 Å². The van der Waals surface area contributed by atoms with Crippen LogP contribution in [0.2, 0.25) is 0 Å². The Labute approximate surface area is 168 Å². The number of nitrogens with zero attached hydrogens (tertiary/aromatic N) is 2. The number of aromatic nitrogens is 1. The fraction of sp³-hybridized carbons (Fsp3) is 0.450. The van der Waals surface area contributed by atoms with Crippen LogP contribution in [0.25, 0.3) is 0 Å². The first-order valence-electron chi connectivity index (χ1n) is 9.21. The van der Waals surface area contributed by atoms with Crippen LogP contribution in [0.3, 0.4) is 0 Å². The van der Waals surface area contributed by atoms with E-state index in [1.807, 2.05) is 30.9 Å². The molecule has 28 heavy (non-hydrogen) atoms. The molecule has 0 aliphatic carbocycles. The molecule has 0 spiro atoms. The fourth-order valence-corrected chi connectivity index (χ4v) is 3.91. The fourth-order valence-electron chi connectivity index (χ4n) is 3.17. The number of rotatable bonds is 6. The maximum absolute atomic E-state index is 12.7. The molecule has 1 saturated heterocycles. The quantitative estimate of drug-likeness (QED) is 0.801. The molecule has 0 radical (unpaired) electrons. The first kappa shape index (κ1) is 20.4. The molecule has 1 aliphatic rings. The Hall–Kier alpha value is -2.29. The van der Waals surface area contributed by atoms with E-state index in [2.05, 4.69) is 10.3 Å². The zero-order valence-corrected chi connectivity index (χ0v) is 17.1. The van der Waals surface area contributed by atoms with Gasteiger partial charge < -0.3 is 19.7 Å². The minimum atomic E-state index is -0.227. The third-order valence-electron chi connectivity index (χ3n) is 4.41. The van der Waals surface area contributed by atoms with Gasteiger partial charge in [0.2, 0.25) is 0 Å². The lowest BCUT2D eigenvalue weighted by atomic mass is 10.1. The third kappa shape index (κ3) is 5.15. The monoisotopic (exact) mass is 403 g/mol. The molecule has 1 N–H and O–H groups in total. The van der Waals surface area contributed by atoms with Crippen LogP contribution in [-0.4, -0.2) is 54.1 Å². The van der Waals surface area contributed by atoms with Gasteiger partial charge in [0.25, 0.3) is 11.8 Å². The molecule has 7 nitrogen and oxygen atoms in total. The van der Waals surface area contributed by atoms with Gasteiger partial charge in [0.1, 0.15) is 10.7 Å². The van der Waals surface area contributed by atoms with Crippen LogP contribution in [0.4, 0.5) is 0 Å². The number of thiazole rings is 1. The summed E-state index contributed by atoms with van der Waals surface area (Å²) in [6.45, 7) is 5.91. The SMILES string of the molecule is COCc1nc(C(=O)NCc2ccc(C(=O)N3CC(C)OC(C)C3)cc2)cs1. The van der Waals surface area contributed by atoms with E-state index in [0.717, 1.165) is 10.6 Å². The zero-order chi connectivity index (χ0) is 20.1. The van der Waals surface area contributed by atoms with Gasteiger partial charge >= 0.3 is 0 Å². The summed E-state index contributed by atoms with van der Waals surface area (Å²) in [5.74, 6) is -0.222. The van der Waals surface area contributed by atoms with Gasteiger partial charge in [-0.1, -0.05) is 12.1 Å². The molecule has 2 amide bonds. The third-order valence-corrected chi connectivity index (χ3v) is 5.24. The highest BCUT2D eigenvalue weighted by molar-refractivity contribution is 7.09. The van der Waals surface area contributed by atoms with Gasteiger partial charge in [-0.25, -0.2) is 4.98 Å². The smallest absolute Gasteiger partial charge is 0.271 e. The maximum atomic E-state index is 12.7. The van der Waals surface area contributed by atoms with Crippen LogP contribution in [0, 0.1) is 0 Å². The number of carbonyl (C=O) groups excluding carboxylic acids is 2. The second-order valence-electron chi connectivity index (χ2n) is 6.91. The highest BCUT2D eigenvalue weighted by Gasteiger charge is 2.26. The number of hydrogen-bond donors (Lipinski definition) is 1. The number of nitrogens with one attached hydrogen (secondary N) is 1. The minimum Gasteiger partial charge on any atom is -0.378 e. The molecule has 1 aromatic heterocycles. The standard InChI is InChI=1S/C20H25N3O4S/c1-13-9-23(10-14(2)27-13)20(25)16-6-4-15(5-7-16)8-21-19(24)17-12-28-18(22-17)11-26-3/h4-7,12-14H,8-11H2,1-3H3,(H,21,24). The van der Waals surface area contributed by atoms with Crippen molar-refractivity contribution in [3.05, 3.63) is 51.5 Å². The van der Waals surface area contributed by atoms with Gasteiger partial charge in [0.15, 0.2) is 0 Å². The summed E-state index contributed by atoms with van der Waals surface area (Å²) < 4.78 is 10.7. The molecule has 1 aliphatic heterocycles. The molecular formula is C20H25N3O4S. The van der Waals surface area contributed by atoms with Crippen LogP contribution >= 0.6 is 11.3 Å². The average molecular weight is 404 g/mol. The summed E-state index contributed by atoms with van der Waals surface area (Å²) in [7, 11) is 1.59. The van der Waals surface area contributed by atoms with E-state index in [-0.39, 0.29) is 24.0 Å². The summed E-state index contributed by atoms with van der Waals surface area (Å²) in [6.07, 6.45) is 0.0783. The van der Waals surface area contributed by atoms with Gasteiger partial charge in [-0.3, -0.25) is 9.59 Å². The van der Waals surface area contributed by atoms with Crippen LogP contribution in [0.15, 0.2) is 29.6 Å². The lowest BCUT2D eigenvalue weighted by Gasteiger charge is -2.35. The van der Waals surface area contributed by atoms with Crippen molar-refractivity contribution in [2.45, 2.75) is 39.2 Å². The Bertz CT molecular complexity index is 811. The number of ether oxygens (including phenoxy) is 2. The van der Waals surface area contributed by atoms with Crippen LogP contribution in [0.1, 0.15) is 45.3 Å². The van der Waals surface area contributed by atoms with E-state index in [0.29, 0.717) is 37.5 Å². The van der Waals surface area contributed by atoms with Crippen molar-refractivity contribution in [3.63, 3.8) is 0 Å². The summed E-state index contributed by atoms with van der Waals surface area (Å²) in [6, 6.07) is 7.32. The summed E-state index contributed by atoms with van der Waals surface area (Å²) >= 11 is 1.40. The number of morpholine rings is 1. The number of carbonyl (C=O) groups is 2. The average Bonchev–Trinajstić information content (AvgIpc) is 3.14. The first-order chi connectivity index (χ1) is 13.5. The molecule has 8 heteroatoms. The molecule has 0 saturated carbocycles. The van der Waals surface area contributed by atoms with Crippen molar-refractivity contribution < 1.29 is 19.1 Å². The van der Waals surface area contributed by atoms with Gasteiger partial charge in [-0.2, -0.15) is 0 Å². The number of amides is 2. The molecular weight excluding hydrogens is 378 g/mol. The minimum absolute atomic E-state index is 0.00531. The van der Waals surface area contributed by atoms with Crippen molar-refractivity contribution in [1.29, 1.82) is 0 Å². The Morgan fingerprint density at radius 3 is 2.57 bits per heavy atom. The second kappa shape index (κ2) is 9.27. The molecule has 2 unspecified atom stereocenters. The van der Waals surface area contributed by atoms with Gasteiger partial charge in [0.05, 0.1) is 18.8 Å². The molecule has 1 fully saturated rings. The van der Waals surface area contributed by atoms with Crippen molar-refractivity contribution in [2.24, 2.45) is 0 Å². The predicted octanol–water partition coefficient (Wildman–Crippen LogP) is 2.47. The molecule has 3 rings (SSSR count). The zero-order valence-electron chi connectivity index (χ0n) is 16.3. The predicted molar refractivity (Wildman–Crippen MR) is 106 cm³/mol. The lowest BCUT2D eigenvalue weighted by Crippen LogP contribution is -2.48. The first-order valence-corrected chi connectivity index (χ1v) is 10.1. The summed E-state index contributed by atoms with van der Waals surface area (Å²) in [5, 5.41) is 5.33. The van der Waals surface area contributed by atoms with Gasteiger partial charge in [0, 0.05) is 37.7 Å². The van der Waals surface area contributed by atoms with Crippen LogP contribution < -0.4 is 5.32 Å². The van der Waals surface area contributed by atoms with Crippen molar-refractivity contribution in [1.82, 2.24) is 15.2 Å². The Morgan fingerprint density at radius 1 is 1.25 bits per heavy atom. The van der Waals surface area contributed by atoms with E-state index >= 15 is 0 Å². The van der Waals surface area contributed by atoms with Crippen LogP contribution in [0.5, 0.6) is 0 Å². The highest BCUT2D eigenvalue weighted by Crippen LogP contribution is 2.15. The summed E-state index contributed by atoms with van der Waals surface area (Å²) in [4.78, 5) is 31.0. The van der Waals surface area contributed by atoms with Gasteiger partial charge in [-0.15, -0.1) is 11.3 Å². The molecule has 1 aromatic carbocycles. The lowest BCUT2D eigenvalue weighted by molar-refractivity contribution is -0.0586. The van der Waals surface area contributed by atoms with Crippen LogP contribution in [-0.2, 0) is 22.6 Å². The summed E-state index contributed by atoms with van der Waals surface area (Å²) in [5.41, 5.74) is 1.94. The Balaban J connectivity index is 1.55. The largest absolute Gasteiger partial charge is 0.378 e. The topological polar surface area (TPSA) is 80.8 Å². The number of methoxy groups -OCH3 is 1. The molecule has 0 bridgehead atoms. The molecule has 2 atom stereocenters. The van der Waals surface area contributed by atoms with Crippen molar-refractivity contribution in [3.8, 4) is 0 Å². The maximum Gasteiger partial charge on any atom is 0.271 e. The Morgan fingerprint density at radius 2 is 1.93 bits per heavy atom. The highest BCUT2D eigenvalue weighted by atomic mass is 32.1. The number of benzene rings is 1. The normalized spacial score (nSPS) is 19.5. The number of hydrogen-bond acceptors (Lipinski definition) is 6. The van der Waals surface area contributed by atoms with E-state index in [4.69, 9.17) is 9.47 Å². The molecule has 2 heterocycles. The van der Waals surface area contributed by atoms with E-state index in [1.54, 1.807) is 24.6 Å².